The molecule has 0 radical (unpaired) electrons. The molecule has 1 unspecified atom stereocenters. The molecule has 2 rings (SSSR count). The molecule has 0 aliphatic heterocycles. The number of amides is 1. The molecule has 0 saturated carbocycles. The Bertz CT molecular complexity index is 877. The number of carbonyl (C=O) groups is 1. The maximum atomic E-state index is 12.9. The lowest BCUT2D eigenvalue weighted by Crippen LogP contribution is -2.42. The van der Waals surface area contributed by atoms with E-state index in [9.17, 15) is 22.8 Å². The van der Waals surface area contributed by atoms with Crippen molar-refractivity contribution in [3.63, 3.8) is 0 Å². The third-order valence-corrected chi connectivity index (χ3v) is 4.05. The number of aromatic nitrogens is 2. The monoisotopic (exact) mass is 368 g/mol. The molecule has 6 nitrogen and oxygen atoms in total. The van der Waals surface area contributed by atoms with Gasteiger partial charge < -0.3 is 10.6 Å². The molecule has 9 heteroatoms. The number of nitrogens with zero attached hydrogens (tertiary/aromatic N) is 3. The lowest BCUT2D eigenvalue weighted by Gasteiger charge is -2.23. The van der Waals surface area contributed by atoms with Crippen molar-refractivity contribution in [3.05, 3.63) is 57.5 Å². The van der Waals surface area contributed by atoms with E-state index in [0.717, 1.165) is 16.8 Å². The minimum absolute atomic E-state index is 0.0981. The summed E-state index contributed by atoms with van der Waals surface area (Å²) in [4.78, 5) is 25.9. The second-order valence-electron chi connectivity index (χ2n) is 5.96. The van der Waals surface area contributed by atoms with E-state index in [4.69, 9.17) is 5.73 Å². The van der Waals surface area contributed by atoms with E-state index in [1.807, 2.05) is 0 Å². The van der Waals surface area contributed by atoms with E-state index in [1.54, 1.807) is 6.92 Å². The minimum Gasteiger partial charge on any atom is -0.336 e. The quantitative estimate of drug-likeness (QED) is 0.895. The normalized spacial score (nSPS) is 12.7. The van der Waals surface area contributed by atoms with Crippen molar-refractivity contribution in [3.8, 4) is 5.69 Å². The molecule has 0 bridgehead atoms. The molecule has 2 N–H and O–H groups in total. The zero-order valence-electron chi connectivity index (χ0n) is 14.5. The molecule has 26 heavy (non-hydrogen) atoms. The number of nitrogens with two attached hydrogens (primary N) is 1. The molecule has 0 saturated heterocycles. The first kappa shape index (κ1) is 19.6. The summed E-state index contributed by atoms with van der Waals surface area (Å²) in [6.07, 6.45) is -4.52. The first-order valence-electron chi connectivity index (χ1n) is 7.82. The van der Waals surface area contributed by atoms with Crippen molar-refractivity contribution >= 4 is 5.91 Å². The van der Waals surface area contributed by atoms with E-state index in [-0.39, 0.29) is 24.0 Å². The summed E-state index contributed by atoms with van der Waals surface area (Å²) in [6.45, 7) is 3.42. The third kappa shape index (κ3) is 3.93. The summed E-state index contributed by atoms with van der Waals surface area (Å²) in [6, 6.07) is 5.34. The van der Waals surface area contributed by atoms with Crippen LogP contribution in [0.25, 0.3) is 5.69 Å². The van der Waals surface area contributed by atoms with Crippen molar-refractivity contribution in [2.24, 2.45) is 5.73 Å². The summed E-state index contributed by atoms with van der Waals surface area (Å²) in [7, 11) is 1.48. The number of alkyl halides is 3. The van der Waals surface area contributed by atoms with E-state index in [0.29, 0.717) is 5.69 Å². The van der Waals surface area contributed by atoms with Crippen LogP contribution >= 0.6 is 0 Å². The van der Waals surface area contributed by atoms with E-state index < -0.39 is 23.1 Å². The number of aryl methyl sites for hydroxylation is 1. The number of rotatable bonds is 4. The lowest BCUT2D eigenvalue weighted by molar-refractivity contribution is -0.137. The number of hydrogen-bond acceptors (Lipinski definition) is 4. The van der Waals surface area contributed by atoms with Gasteiger partial charge >= 0.3 is 6.18 Å². The molecule has 1 aromatic heterocycles. The van der Waals surface area contributed by atoms with Gasteiger partial charge in [0, 0.05) is 31.4 Å². The molecule has 0 aliphatic carbocycles. The van der Waals surface area contributed by atoms with Crippen LogP contribution in [0.3, 0.4) is 0 Å². The summed E-state index contributed by atoms with van der Waals surface area (Å²) in [5.74, 6) is -0.645. The summed E-state index contributed by atoms with van der Waals surface area (Å²) < 4.78 is 40.0. The fraction of sp³-hybridized carbons (Fsp3) is 0.353. The van der Waals surface area contributed by atoms with Gasteiger partial charge in [-0.15, -0.1) is 0 Å². The van der Waals surface area contributed by atoms with Crippen LogP contribution in [0.1, 0.15) is 28.7 Å². The van der Waals surface area contributed by atoms with Crippen molar-refractivity contribution in [2.45, 2.75) is 26.1 Å². The Hall–Kier alpha value is -2.68. The van der Waals surface area contributed by atoms with Crippen LogP contribution in [-0.4, -0.2) is 40.2 Å². The number of benzene rings is 1. The largest absolute Gasteiger partial charge is 0.416 e. The van der Waals surface area contributed by atoms with Crippen molar-refractivity contribution in [2.75, 3.05) is 13.6 Å². The van der Waals surface area contributed by atoms with Gasteiger partial charge in [-0.25, -0.2) is 4.68 Å². The average Bonchev–Trinajstić information content (AvgIpc) is 2.59. The Kier molecular flexibility index (Phi) is 5.50. The highest BCUT2D eigenvalue weighted by molar-refractivity contribution is 5.92. The molecule has 0 spiro atoms. The standard InChI is InChI=1S/C17H19F3N4O2/c1-10-7-14(25)15(16(26)23(3)11(2)9-21)22-24(10)13-6-4-5-12(8-13)17(18,19)20/h4-8,11H,9,21H2,1-3H3. The molecule has 2 aromatic rings. The molecule has 0 aliphatic rings. The van der Waals surface area contributed by atoms with Gasteiger partial charge in [-0.3, -0.25) is 9.59 Å². The van der Waals surface area contributed by atoms with Crippen LogP contribution in [0.5, 0.6) is 0 Å². The van der Waals surface area contributed by atoms with Gasteiger partial charge in [0.05, 0.1) is 11.3 Å². The number of hydrogen-bond donors (Lipinski definition) is 1. The first-order chi connectivity index (χ1) is 12.1. The Morgan fingerprint density at radius 3 is 2.58 bits per heavy atom. The topological polar surface area (TPSA) is 81.2 Å². The fourth-order valence-corrected chi connectivity index (χ4v) is 2.30. The Morgan fingerprint density at radius 1 is 1.35 bits per heavy atom. The van der Waals surface area contributed by atoms with Crippen LogP contribution in [-0.2, 0) is 6.18 Å². The molecular formula is C17H19F3N4O2. The molecule has 1 heterocycles. The number of halogens is 3. The molecule has 1 atom stereocenters. The SMILES string of the molecule is Cc1cc(=O)c(C(=O)N(C)C(C)CN)nn1-c1cccc(C(F)(F)F)c1. The van der Waals surface area contributed by atoms with Crippen LogP contribution in [0.2, 0.25) is 0 Å². The van der Waals surface area contributed by atoms with Crippen LogP contribution in [0.15, 0.2) is 35.1 Å². The van der Waals surface area contributed by atoms with Gasteiger partial charge in [0.25, 0.3) is 5.91 Å². The van der Waals surface area contributed by atoms with E-state index in [2.05, 4.69) is 5.10 Å². The van der Waals surface area contributed by atoms with Crippen molar-refractivity contribution in [1.29, 1.82) is 0 Å². The molecule has 1 aromatic carbocycles. The molecular weight excluding hydrogens is 349 g/mol. The summed E-state index contributed by atoms with van der Waals surface area (Å²) in [5, 5.41) is 4.01. The Balaban J connectivity index is 2.56. The molecule has 140 valence electrons. The van der Waals surface area contributed by atoms with Gasteiger partial charge in [0.15, 0.2) is 5.69 Å². The Labute approximate surface area is 148 Å². The van der Waals surface area contributed by atoms with E-state index in [1.165, 1.54) is 37.1 Å². The smallest absolute Gasteiger partial charge is 0.336 e. The number of carbonyl (C=O) groups excluding carboxylic acids is 1. The van der Waals surface area contributed by atoms with Crippen molar-refractivity contribution < 1.29 is 18.0 Å². The summed E-state index contributed by atoms with van der Waals surface area (Å²) >= 11 is 0. The highest BCUT2D eigenvalue weighted by atomic mass is 19.4. The minimum atomic E-state index is -4.52. The number of likely N-dealkylation sites (N-methyl/N-ethyl adjacent to an activating group) is 1. The maximum Gasteiger partial charge on any atom is 0.416 e. The third-order valence-electron chi connectivity index (χ3n) is 4.05. The predicted octanol–water partition coefficient (Wildman–Crippen LogP) is 1.98. The van der Waals surface area contributed by atoms with Gasteiger partial charge in [-0.05, 0) is 32.0 Å². The van der Waals surface area contributed by atoms with E-state index >= 15 is 0 Å². The van der Waals surface area contributed by atoms with Gasteiger partial charge in [0.1, 0.15) is 0 Å². The predicted molar refractivity (Wildman–Crippen MR) is 90.2 cm³/mol. The zero-order valence-corrected chi connectivity index (χ0v) is 14.5. The molecule has 1 amide bonds. The lowest BCUT2D eigenvalue weighted by atomic mass is 10.2. The first-order valence-corrected chi connectivity index (χ1v) is 7.82. The fourth-order valence-electron chi connectivity index (χ4n) is 2.30. The van der Waals surface area contributed by atoms with Crippen LogP contribution in [0, 0.1) is 6.92 Å². The average molecular weight is 368 g/mol. The highest BCUT2D eigenvalue weighted by Gasteiger charge is 2.31. The van der Waals surface area contributed by atoms with Gasteiger partial charge in [-0.2, -0.15) is 18.3 Å². The highest BCUT2D eigenvalue weighted by Crippen LogP contribution is 2.30. The summed E-state index contributed by atoms with van der Waals surface area (Å²) in [5.41, 5.74) is 4.10. The second-order valence-corrected chi connectivity index (χ2v) is 5.96. The van der Waals surface area contributed by atoms with Gasteiger partial charge in [-0.1, -0.05) is 6.07 Å². The zero-order chi connectivity index (χ0) is 19.6. The van der Waals surface area contributed by atoms with Crippen molar-refractivity contribution in [1.82, 2.24) is 14.7 Å². The second kappa shape index (κ2) is 7.28. The molecule has 0 fully saturated rings. The Morgan fingerprint density at radius 2 is 2.00 bits per heavy atom. The van der Waals surface area contributed by atoms with Crippen LogP contribution < -0.4 is 11.2 Å². The van der Waals surface area contributed by atoms with Gasteiger partial charge in [0.2, 0.25) is 5.43 Å². The van der Waals surface area contributed by atoms with Crippen LogP contribution in [0.4, 0.5) is 13.2 Å². The maximum absolute atomic E-state index is 12.9.